The number of methoxy groups -OCH3 is 1. The molecule has 0 fully saturated rings. The molecule has 0 saturated heterocycles. The summed E-state index contributed by atoms with van der Waals surface area (Å²) in [5.74, 6) is -0.375. The fraction of sp³-hybridized carbons (Fsp3) is 0.357. The maximum atomic E-state index is 12.4. The molecule has 232 valence electrons. The van der Waals surface area contributed by atoms with E-state index in [1.807, 2.05) is 0 Å². The number of halogens is 2. The Morgan fingerprint density at radius 1 is 1.09 bits per heavy atom. The van der Waals surface area contributed by atoms with E-state index in [0.29, 0.717) is 34.9 Å². The van der Waals surface area contributed by atoms with Crippen molar-refractivity contribution in [1.82, 2.24) is 16.1 Å². The molecule has 2 aromatic rings. The molecule has 1 heterocycles. The zero-order chi connectivity index (χ0) is 31.5. The minimum absolute atomic E-state index is 0.126. The van der Waals surface area contributed by atoms with Crippen molar-refractivity contribution >= 4 is 47.4 Å². The summed E-state index contributed by atoms with van der Waals surface area (Å²) in [4.78, 5) is 36.0. The van der Waals surface area contributed by atoms with Crippen LogP contribution in [0.15, 0.2) is 46.7 Å². The number of hydrazone groups is 1. The summed E-state index contributed by atoms with van der Waals surface area (Å²) in [6, 6.07) is 6.69. The van der Waals surface area contributed by atoms with Crippen LogP contribution in [0.1, 0.15) is 37.9 Å². The molecule has 0 aliphatic carbocycles. The fourth-order valence-corrected chi connectivity index (χ4v) is 4.56. The number of ether oxygens (including phenoxy) is 5. The van der Waals surface area contributed by atoms with Crippen molar-refractivity contribution in [3.63, 3.8) is 0 Å². The number of rotatable bonds is 14. The summed E-state index contributed by atoms with van der Waals surface area (Å²) < 4.78 is 26.5. The van der Waals surface area contributed by atoms with Gasteiger partial charge in [-0.05, 0) is 56.2 Å². The van der Waals surface area contributed by atoms with Crippen LogP contribution in [0.3, 0.4) is 0 Å². The zero-order valence-electron chi connectivity index (χ0n) is 23.9. The minimum atomic E-state index is -1.22. The van der Waals surface area contributed by atoms with E-state index in [9.17, 15) is 19.5 Å². The molecule has 2 aromatic carbocycles. The predicted octanol–water partition coefficient (Wildman–Crippen LogP) is 3.46. The van der Waals surface area contributed by atoms with Crippen molar-refractivity contribution < 1.29 is 43.2 Å². The van der Waals surface area contributed by atoms with E-state index in [2.05, 4.69) is 21.2 Å². The third-order valence-electron chi connectivity index (χ3n) is 5.77. The van der Waals surface area contributed by atoms with Crippen LogP contribution in [0.5, 0.6) is 17.2 Å². The normalized spacial score (nSPS) is 15.3. The molecule has 0 saturated carbocycles. The third-order valence-corrected chi connectivity index (χ3v) is 6.33. The molecule has 2 amide bonds. The second-order valence-corrected chi connectivity index (χ2v) is 9.64. The maximum absolute atomic E-state index is 12.4. The number of hydrogen-bond donors (Lipinski definition) is 4. The Kier molecular flexibility index (Phi) is 12.3. The van der Waals surface area contributed by atoms with Crippen LogP contribution in [-0.2, 0) is 19.1 Å². The second kappa shape index (κ2) is 15.9. The fourth-order valence-electron chi connectivity index (χ4n) is 3.95. The van der Waals surface area contributed by atoms with Gasteiger partial charge in [0.15, 0.2) is 30.1 Å². The SMILES string of the molecule is CCOC(=O)COc1c(Cl)cc(/C=N\N[C@@H](O)COc2ccc([C@H]3NC(=O)NC(C)=C3C(=O)OC)cc2OCC)cc1Cl. The smallest absolute Gasteiger partial charge is 0.344 e. The van der Waals surface area contributed by atoms with Gasteiger partial charge in [0.2, 0.25) is 0 Å². The molecule has 0 spiro atoms. The van der Waals surface area contributed by atoms with Gasteiger partial charge < -0.3 is 39.4 Å². The van der Waals surface area contributed by atoms with Crippen LogP contribution in [0, 0.1) is 0 Å². The second-order valence-electron chi connectivity index (χ2n) is 8.82. The van der Waals surface area contributed by atoms with Crippen molar-refractivity contribution in [3.8, 4) is 17.2 Å². The van der Waals surface area contributed by atoms with Gasteiger partial charge in [-0.3, -0.25) is 5.43 Å². The summed E-state index contributed by atoms with van der Waals surface area (Å²) in [6.45, 7) is 5.04. The molecule has 1 aliphatic rings. The van der Waals surface area contributed by atoms with Crippen molar-refractivity contribution in [2.75, 3.05) is 33.5 Å². The topological polar surface area (TPSA) is 166 Å². The van der Waals surface area contributed by atoms with Crippen molar-refractivity contribution in [3.05, 3.63) is 62.8 Å². The average molecular weight is 639 g/mol. The van der Waals surface area contributed by atoms with Crippen molar-refractivity contribution in [2.24, 2.45) is 5.10 Å². The molecule has 13 nitrogen and oxygen atoms in total. The van der Waals surface area contributed by atoms with E-state index in [-0.39, 0.29) is 41.2 Å². The van der Waals surface area contributed by atoms with Gasteiger partial charge in [0.05, 0.1) is 48.2 Å². The van der Waals surface area contributed by atoms with Crippen LogP contribution in [0.2, 0.25) is 10.0 Å². The summed E-state index contributed by atoms with van der Waals surface area (Å²) in [6.07, 6.45) is 0.155. The number of hydrogen-bond acceptors (Lipinski definition) is 11. The summed E-state index contributed by atoms with van der Waals surface area (Å²) >= 11 is 12.5. The molecule has 43 heavy (non-hydrogen) atoms. The first-order chi connectivity index (χ1) is 20.6. The maximum Gasteiger partial charge on any atom is 0.344 e. The van der Waals surface area contributed by atoms with Gasteiger partial charge >= 0.3 is 18.0 Å². The Labute approximate surface area is 258 Å². The van der Waals surface area contributed by atoms with E-state index in [0.717, 1.165) is 0 Å². The lowest BCUT2D eigenvalue weighted by molar-refractivity contribution is -0.145. The Morgan fingerprint density at radius 3 is 2.47 bits per heavy atom. The van der Waals surface area contributed by atoms with E-state index in [1.165, 1.54) is 25.5 Å². The molecule has 2 atom stereocenters. The van der Waals surface area contributed by atoms with Crippen molar-refractivity contribution in [2.45, 2.75) is 33.0 Å². The number of aliphatic hydroxyl groups excluding tert-OH is 1. The molecule has 0 unspecified atom stereocenters. The van der Waals surface area contributed by atoms with Crippen LogP contribution < -0.4 is 30.3 Å². The number of benzene rings is 2. The Morgan fingerprint density at radius 2 is 1.81 bits per heavy atom. The lowest BCUT2D eigenvalue weighted by atomic mass is 9.95. The van der Waals surface area contributed by atoms with Crippen LogP contribution in [-0.4, -0.2) is 69.1 Å². The highest BCUT2D eigenvalue weighted by atomic mass is 35.5. The standard InChI is InChI=1S/C28H32Cl2N4O9/c1-5-40-21-11-17(25-24(27(37)39-4)15(3)32-28(38)33-25)7-8-20(21)42-13-22(35)34-31-12-16-9-18(29)26(19(30)10-16)43-14-23(36)41-6-2/h7-12,22,25,34-35H,5-6,13-14H2,1-4H3,(H2,32,33,38)/b31-12-/t22-,25+/m0/s1. The quantitative estimate of drug-likeness (QED) is 0.104. The number of amides is 2. The molecule has 0 aromatic heterocycles. The minimum Gasteiger partial charge on any atom is -0.490 e. The van der Waals surface area contributed by atoms with E-state index >= 15 is 0 Å². The van der Waals surface area contributed by atoms with Gasteiger partial charge in [-0.2, -0.15) is 5.10 Å². The molecule has 4 N–H and O–H groups in total. The van der Waals surface area contributed by atoms with Crippen LogP contribution in [0.25, 0.3) is 0 Å². The third kappa shape index (κ3) is 9.14. The number of esters is 2. The number of allylic oxidation sites excluding steroid dienone is 1. The number of carbonyl (C=O) groups is 3. The first-order valence-corrected chi connectivity index (χ1v) is 13.8. The van der Waals surface area contributed by atoms with E-state index in [1.54, 1.807) is 39.0 Å². The number of carbonyl (C=O) groups excluding carboxylic acids is 3. The lowest BCUT2D eigenvalue weighted by Gasteiger charge is -2.28. The molecule has 1 aliphatic heterocycles. The van der Waals surface area contributed by atoms with Crippen molar-refractivity contribution in [1.29, 1.82) is 0 Å². The lowest BCUT2D eigenvalue weighted by Crippen LogP contribution is -2.45. The first-order valence-electron chi connectivity index (χ1n) is 13.1. The molecule has 0 bridgehead atoms. The Bertz CT molecular complexity index is 1380. The van der Waals surface area contributed by atoms with Crippen LogP contribution >= 0.6 is 23.2 Å². The Hall–Kier alpha value is -4.20. The highest BCUT2D eigenvalue weighted by Crippen LogP contribution is 2.35. The van der Waals surface area contributed by atoms with E-state index in [4.69, 9.17) is 46.9 Å². The average Bonchev–Trinajstić information content (AvgIpc) is 2.95. The molecule has 15 heteroatoms. The summed E-state index contributed by atoms with van der Waals surface area (Å²) in [5.41, 5.74) is 4.20. The van der Waals surface area contributed by atoms with Gasteiger partial charge in [-0.15, -0.1) is 0 Å². The number of nitrogens with zero attached hydrogens (tertiary/aromatic N) is 1. The van der Waals surface area contributed by atoms with Gasteiger partial charge in [0.1, 0.15) is 6.61 Å². The highest BCUT2D eigenvalue weighted by Gasteiger charge is 2.32. The van der Waals surface area contributed by atoms with Gasteiger partial charge in [0, 0.05) is 5.70 Å². The van der Waals surface area contributed by atoms with E-state index < -0.39 is 30.2 Å². The molecule has 0 radical (unpaired) electrons. The summed E-state index contributed by atoms with van der Waals surface area (Å²) in [5, 5.41) is 19.9. The largest absolute Gasteiger partial charge is 0.490 e. The highest BCUT2D eigenvalue weighted by molar-refractivity contribution is 6.37. The van der Waals surface area contributed by atoms with Gasteiger partial charge in [0.25, 0.3) is 0 Å². The zero-order valence-corrected chi connectivity index (χ0v) is 25.4. The van der Waals surface area contributed by atoms with Gasteiger partial charge in [-0.1, -0.05) is 29.3 Å². The predicted molar refractivity (Wildman–Crippen MR) is 158 cm³/mol. The van der Waals surface area contributed by atoms with Gasteiger partial charge in [-0.25, -0.2) is 14.4 Å². The van der Waals surface area contributed by atoms with Crippen LogP contribution in [0.4, 0.5) is 4.79 Å². The Balaban J connectivity index is 1.64. The summed E-state index contributed by atoms with van der Waals surface area (Å²) in [7, 11) is 1.26. The molecular weight excluding hydrogens is 607 g/mol. The monoisotopic (exact) mass is 638 g/mol. The molecular formula is C28H32Cl2N4O9. The molecule has 3 rings (SSSR count). The number of aliphatic hydroxyl groups is 1. The number of urea groups is 1. The first kappa shape index (κ1) is 33.3. The number of nitrogens with one attached hydrogen (secondary N) is 3.